The first-order valence-electron chi connectivity index (χ1n) is 12.9. The standard InChI is InChI=1S/C30H32Cl2N2O3S/c1-19(2)38-17-3-16-36-23-9-4-20(5-10-23)29-28-25(26-18-22(32)8-13-27(26)33-28)14-15-34(29)30(35)37-24-11-6-21(31)7-12-24/h4-13,18-19,29-30,33,35H,3,14-17H2,1-2H3. The molecule has 0 fully saturated rings. The molecule has 2 unspecified atom stereocenters. The lowest BCUT2D eigenvalue weighted by molar-refractivity contribution is -0.150. The van der Waals surface area contributed by atoms with Crippen LogP contribution in [0.1, 0.15) is 43.1 Å². The second-order valence-corrected chi connectivity index (χ2v) is 12.2. The molecule has 1 aromatic heterocycles. The summed E-state index contributed by atoms with van der Waals surface area (Å²) in [7, 11) is 0. The van der Waals surface area contributed by atoms with E-state index in [0.717, 1.165) is 46.5 Å². The van der Waals surface area contributed by atoms with Gasteiger partial charge in [-0.05, 0) is 89.6 Å². The van der Waals surface area contributed by atoms with Crippen molar-refractivity contribution in [3.05, 3.63) is 93.6 Å². The highest BCUT2D eigenvalue weighted by Crippen LogP contribution is 2.40. The smallest absolute Gasteiger partial charge is 0.260 e. The van der Waals surface area contributed by atoms with Crippen molar-refractivity contribution in [2.45, 2.75) is 44.4 Å². The number of nitrogens with one attached hydrogen (secondary N) is 1. The quantitative estimate of drug-likeness (QED) is 0.151. The number of benzene rings is 3. The second-order valence-electron chi connectivity index (χ2n) is 9.69. The van der Waals surface area contributed by atoms with Crippen LogP contribution in [0.15, 0.2) is 66.7 Å². The topological polar surface area (TPSA) is 57.7 Å². The van der Waals surface area contributed by atoms with Gasteiger partial charge in [-0.1, -0.05) is 49.2 Å². The number of halogens is 2. The number of fused-ring (bicyclic) bond motifs is 3. The normalized spacial score (nSPS) is 16.5. The van der Waals surface area contributed by atoms with Crippen LogP contribution in [0.2, 0.25) is 10.0 Å². The fourth-order valence-corrected chi connectivity index (χ4v) is 5.95. The molecule has 5 nitrogen and oxygen atoms in total. The number of rotatable bonds is 10. The maximum absolute atomic E-state index is 11.2. The summed E-state index contributed by atoms with van der Waals surface area (Å²) in [4.78, 5) is 5.57. The minimum atomic E-state index is -1.15. The lowest BCUT2D eigenvalue weighted by Gasteiger charge is -2.38. The van der Waals surface area contributed by atoms with Crippen molar-refractivity contribution in [1.29, 1.82) is 0 Å². The number of ether oxygens (including phenoxy) is 2. The van der Waals surface area contributed by atoms with Gasteiger partial charge in [-0.15, -0.1) is 0 Å². The zero-order valence-corrected chi connectivity index (χ0v) is 23.8. The lowest BCUT2D eigenvalue weighted by atomic mass is 9.92. The van der Waals surface area contributed by atoms with Crippen molar-refractivity contribution in [1.82, 2.24) is 9.88 Å². The summed E-state index contributed by atoms with van der Waals surface area (Å²) in [5.41, 5.74) is 4.31. The van der Waals surface area contributed by atoms with E-state index in [4.69, 9.17) is 32.7 Å². The molecule has 38 heavy (non-hydrogen) atoms. The van der Waals surface area contributed by atoms with Gasteiger partial charge >= 0.3 is 0 Å². The van der Waals surface area contributed by atoms with Crippen LogP contribution in [-0.2, 0) is 6.42 Å². The number of nitrogens with zero attached hydrogens (tertiary/aromatic N) is 1. The Kier molecular flexibility index (Phi) is 8.76. The molecule has 2 N–H and O–H groups in total. The van der Waals surface area contributed by atoms with E-state index in [1.165, 1.54) is 5.56 Å². The highest BCUT2D eigenvalue weighted by Gasteiger charge is 2.36. The van der Waals surface area contributed by atoms with Crippen LogP contribution in [0.3, 0.4) is 0 Å². The van der Waals surface area contributed by atoms with Gasteiger partial charge in [0.15, 0.2) is 0 Å². The minimum Gasteiger partial charge on any atom is -0.494 e. The zero-order valence-electron chi connectivity index (χ0n) is 21.5. The molecule has 200 valence electrons. The van der Waals surface area contributed by atoms with Gasteiger partial charge in [0.05, 0.1) is 12.6 Å². The van der Waals surface area contributed by atoms with E-state index in [-0.39, 0.29) is 6.04 Å². The molecule has 1 aliphatic heterocycles. The lowest BCUT2D eigenvalue weighted by Crippen LogP contribution is -2.46. The van der Waals surface area contributed by atoms with E-state index < -0.39 is 6.41 Å². The highest BCUT2D eigenvalue weighted by molar-refractivity contribution is 7.99. The number of aliphatic hydroxyl groups excluding tert-OH is 1. The molecule has 8 heteroatoms. The Hall–Kier alpha value is -2.35. The molecule has 3 aromatic carbocycles. The number of thioether (sulfide) groups is 1. The summed E-state index contributed by atoms with van der Waals surface area (Å²) in [6, 6.07) is 20.8. The highest BCUT2D eigenvalue weighted by atomic mass is 35.5. The molecule has 0 aliphatic carbocycles. The third kappa shape index (κ3) is 6.27. The van der Waals surface area contributed by atoms with Crippen molar-refractivity contribution in [3.8, 4) is 11.5 Å². The Morgan fingerprint density at radius 3 is 2.45 bits per heavy atom. The number of aliphatic hydroxyl groups is 1. The van der Waals surface area contributed by atoms with Gasteiger partial charge in [0.25, 0.3) is 6.41 Å². The van der Waals surface area contributed by atoms with Gasteiger partial charge < -0.3 is 19.6 Å². The molecule has 0 amide bonds. The van der Waals surface area contributed by atoms with Crippen LogP contribution in [0.4, 0.5) is 0 Å². The van der Waals surface area contributed by atoms with E-state index in [2.05, 4.69) is 31.0 Å². The minimum absolute atomic E-state index is 0.247. The third-order valence-electron chi connectivity index (χ3n) is 6.67. The molecule has 0 spiro atoms. The Morgan fingerprint density at radius 1 is 1.00 bits per heavy atom. The van der Waals surface area contributed by atoms with E-state index in [1.807, 2.05) is 47.0 Å². The van der Waals surface area contributed by atoms with Crippen LogP contribution in [-0.4, -0.2) is 45.6 Å². The molecule has 0 bridgehead atoms. The van der Waals surface area contributed by atoms with E-state index in [9.17, 15) is 5.11 Å². The Morgan fingerprint density at radius 2 is 1.71 bits per heavy atom. The Bertz CT molecular complexity index is 1360. The zero-order chi connectivity index (χ0) is 26.6. The molecule has 2 atom stereocenters. The molecular formula is C30H32Cl2N2O3S. The van der Waals surface area contributed by atoms with Crippen molar-refractivity contribution >= 4 is 45.9 Å². The molecular weight excluding hydrogens is 539 g/mol. The molecule has 5 rings (SSSR count). The van der Waals surface area contributed by atoms with Crippen LogP contribution in [0, 0.1) is 0 Å². The summed E-state index contributed by atoms with van der Waals surface area (Å²) in [6.45, 7) is 5.72. The van der Waals surface area contributed by atoms with Crippen molar-refractivity contribution in [2.75, 3.05) is 18.9 Å². The number of aromatic amines is 1. The predicted octanol–water partition coefficient (Wildman–Crippen LogP) is 7.69. The predicted molar refractivity (Wildman–Crippen MR) is 158 cm³/mol. The monoisotopic (exact) mass is 570 g/mol. The van der Waals surface area contributed by atoms with Gasteiger partial charge in [-0.25, -0.2) is 4.90 Å². The van der Waals surface area contributed by atoms with Crippen molar-refractivity contribution in [3.63, 3.8) is 0 Å². The first-order chi connectivity index (χ1) is 18.4. The first-order valence-corrected chi connectivity index (χ1v) is 14.7. The van der Waals surface area contributed by atoms with E-state index in [0.29, 0.717) is 34.2 Å². The second kappa shape index (κ2) is 12.2. The number of aromatic nitrogens is 1. The van der Waals surface area contributed by atoms with Crippen LogP contribution in [0.25, 0.3) is 10.9 Å². The summed E-state index contributed by atoms with van der Waals surface area (Å²) in [5.74, 6) is 2.48. The van der Waals surface area contributed by atoms with Gasteiger partial charge in [-0.3, -0.25) is 0 Å². The van der Waals surface area contributed by atoms with Gasteiger partial charge in [-0.2, -0.15) is 11.8 Å². The van der Waals surface area contributed by atoms with Crippen molar-refractivity contribution < 1.29 is 14.6 Å². The number of H-pyrrole nitrogens is 1. The molecule has 2 heterocycles. The summed E-state index contributed by atoms with van der Waals surface area (Å²) in [5, 5.41) is 14.3. The maximum atomic E-state index is 11.2. The summed E-state index contributed by atoms with van der Waals surface area (Å²) < 4.78 is 11.9. The number of hydrogen-bond acceptors (Lipinski definition) is 5. The van der Waals surface area contributed by atoms with Crippen LogP contribution < -0.4 is 9.47 Å². The average Bonchev–Trinajstić information content (AvgIpc) is 3.27. The molecule has 0 radical (unpaired) electrons. The van der Waals surface area contributed by atoms with Gasteiger partial charge in [0.2, 0.25) is 0 Å². The number of hydrogen-bond donors (Lipinski definition) is 2. The summed E-state index contributed by atoms with van der Waals surface area (Å²) >= 11 is 14.3. The fraction of sp³-hybridized carbons (Fsp3) is 0.333. The molecule has 4 aromatic rings. The van der Waals surface area contributed by atoms with Gasteiger partial charge in [0.1, 0.15) is 11.5 Å². The maximum Gasteiger partial charge on any atom is 0.260 e. The summed E-state index contributed by atoms with van der Waals surface area (Å²) in [6.07, 6.45) is 0.609. The van der Waals surface area contributed by atoms with Crippen molar-refractivity contribution in [2.24, 2.45) is 0 Å². The third-order valence-corrected chi connectivity index (χ3v) is 8.35. The van der Waals surface area contributed by atoms with Crippen LogP contribution in [0.5, 0.6) is 11.5 Å². The Labute approximate surface area is 238 Å². The van der Waals surface area contributed by atoms with Gasteiger partial charge in [0, 0.05) is 33.2 Å². The SMILES string of the molecule is CC(C)SCCCOc1ccc(C2c3[nH]c4ccc(Cl)cc4c3CCN2C(O)Oc2ccc(Cl)cc2)cc1. The fourth-order valence-electron chi connectivity index (χ4n) is 4.89. The molecule has 1 aliphatic rings. The van der Waals surface area contributed by atoms with Crippen LogP contribution >= 0.6 is 35.0 Å². The average molecular weight is 572 g/mol. The largest absolute Gasteiger partial charge is 0.494 e. The van der Waals surface area contributed by atoms with E-state index in [1.54, 1.807) is 24.3 Å². The van der Waals surface area contributed by atoms with E-state index >= 15 is 0 Å². The molecule has 0 saturated heterocycles. The molecule has 0 saturated carbocycles. The Balaban J connectivity index is 1.41. The first kappa shape index (κ1) is 27.2.